The van der Waals surface area contributed by atoms with Crippen LogP contribution in [0, 0.1) is 0 Å². The molecule has 0 spiro atoms. The van der Waals surface area contributed by atoms with Crippen molar-refractivity contribution < 1.29 is 14.9 Å². The van der Waals surface area contributed by atoms with Gasteiger partial charge >= 0.3 is 0 Å². The molecule has 154 valence electrons. The molecule has 1 atom stereocenters. The fourth-order valence-corrected chi connectivity index (χ4v) is 3.98. The summed E-state index contributed by atoms with van der Waals surface area (Å²) in [7, 11) is 0. The Bertz CT molecular complexity index is 911. The lowest BCUT2D eigenvalue weighted by Gasteiger charge is -2.30. The van der Waals surface area contributed by atoms with Crippen molar-refractivity contribution in [2.75, 3.05) is 36.1 Å². The summed E-state index contributed by atoms with van der Waals surface area (Å²) < 4.78 is 5.42. The number of morpholine rings is 1. The van der Waals surface area contributed by atoms with E-state index in [1.54, 1.807) is 6.07 Å². The number of ether oxygens (including phenoxy) is 1. The van der Waals surface area contributed by atoms with Crippen LogP contribution >= 0.6 is 12.6 Å². The zero-order valence-electron chi connectivity index (χ0n) is 16.5. The van der Waals surface area contributed by atoms with Crippen LogP contribution in [0.1, 0.15) is 30.9 Å². The molecule has 0 bridgehead atoms. The van der Waals surface area contributed by atoms with Crippen LogP contribution in [0.2, 0.25) is 0 Å². The van der Waals surface area contributed by atoms with Gasteiger partial charge in [0.05, 0.1) is 18.8 Å². The van der Waals surface area contributed by atoms with Gasteiger partial charge in [0.25, 0.3) is 0 Å². The second-order valence-corrected chi connectivity index (χ2v) is 8.00. The fourth-order valence-electron chi connectivity index (χ4n) is 3.68. The normalized spacial score (nSPS) is 19.4. The van der Waals surface area contributed by atoms with Gasteiger partial charge in [-0.05, 0) is 41.8 Å². The van der Waals surface area contributed by atoms with Gasteiger partial charge in [-0.15, -0.1) is 12.6 Å². The third kappa shape index (κ3) is 3.82. The minimum absolute atomic E-state index is 0.0233. The standard InChI is InChI=1S/C21H26N4O3S/c1-13(2)16-11-17(19(27)12-18(16)26)20-22-23-21(29)25(20)15-5-3-14(4-6-15)24-7-9-28-10-8-24/h3-6,11-13,21,23,26-27,29H,7-10H2,1-2H3. The molecule has 29 heavy (non-hydrogen) atoms. The van der Waals surface area contributed by atoms with E-state index in [2.05, 4.69) is 40.2 Å². The van der Waals surface area contributed by atoms with Crippen molar-refractivity contribution in [1.82, 2.24) is 5.43 Å². The summed E-state index contributed by atoms with van der Waals surface area (Å²) in [6.07, 6.45) is 0. The van der Waals surface area contributed by atoms with Crippen molar-refractivity contribution in [3.63, 3.8) is 0 Å². The van der Waals surface area contributed by atoms with Gasteiger partial charge < -0.3 is 19.8 Å². The maximum Gasteiger partial charge on any atom is 0.166 e. The average molecular weight is 415 g/mol. The van der Waals surface area contributed by atoms with E-state index >= 15 is 0 Å². The van der Waals surface area contributed by atoms with Gasteiger partial charge in [-0.3, -0.25) is 10.3 Å². The van der Waals surface area contributed by atoms with Gasteiger partial charge in [-0.1, -0.05) is 13.8 Å². The summed E-state index contributed by atoms with van der Waals surface area (Å²) in [5, 5.41) is 25.0. The molecule has 0 aliphatic carbocycles. The predicted octanol–water partition coefficient (Wildman–Crippen LogP) is 3.04. The third-order valence-corrected chi connectivity index (χ3v) is 5.62. The molecular weight excluding hydrogens is 388 g/mol. The van der Waals surface area contributed by atoms with E-state index in [-0.39, 0.29) is 22.9 Å². The topological polar surface area (TPSA) is 80.6 Å². The summed E-state index contributed by atoms with van der Waals surface area (Å²) in [6, 6.07) is 11.4. The molecule has 1 unspecified atom stereocenters. The van der Waals surface area contributed by atoms with Crippen LogP contribution in [-0.2, 0) is 4.74 Å². The first kappa shape index (κ1) is 19.7. The van der Waals surface area contributed by atoms with Gasteiger partial charge in [0.2, 0.25) is 0 Å². The number of nitrogens with zero attached hydrogens (tertiary/aromatic N) is 3. The highest BCUT2D eigenvalue weighted by atomic mass is 32.1. The zero-order chi connectivity index (χ0) is 20.5. The second kappa shape index (κ2) is 8.04. The molecule has 0 saturated carbocycles. The Kier molecular flexibility index (Phi) is 5.47. The van der Waals surface area contributed by atoms with Crippen LogP contribution in [0.4, 0.5) is 11.4 Å². The quantitative estimate of drug-likeness (QED) is 0.576. The minimum Gasteiger partial charge on any atom is -0.508 e. The van der Waals surface area contributed by atoms with Gasteiger partial charge in [0, 0.05) is 30.5 Å². The number of hydrazone groups is 1. The molecule has 2 aliphatic heterocycles. The van der Waals surface area contributed by atoms with Crippen LogP contribution in [0.3, 0.4) is 0 Å². The molecule has 3 N–H and O–H groups in total. The summed E-state index contributed by atoms with van der Waals surface area (Å²) >= 11 is 4.60. The average Bonchev–Trinajstić information content (AvgIpc) is 3.10. The first-order valence-corrected chi connectivity index (χ1v) is 10.3. The zero-order valence-corrected chi connectivity index (χ0v) is 17.4. The Hall–Kier alpha value is -2.58. The van der Waals surface area contributed by atoms with Crippen molar-refractivity contribution in [3.8, 4) is 11.5 Å². The van der Waals surface area contributed by atoms with E-state index < -0.39 is 0 Å². The van der Waals surface area contributed by atoms with Crippen LogP contribution in [-0.4, -0.2) is 47.8 Å². The summed E-state index contributed by atoms with van der Waals surface area (Å²) in [5.41, 5.74) is 5.95. The van der Waals surface area contributed by atoms with Crippen molar-refractivity contribution in [2.45, 2.75) is 25.3 Å². The van der Waals surface area contributed by atoms with Crippen molar-refractivity contribution in [1.29, 1.82) is 0 Å². The molecule has 8 heteroatoms. The molecule has 0 radical (unpaired) electrons. The van der Waals surface area contributed by atoms with Crippen molar-refractivity contribution >= 4 is 29.8 Å². The Morgan fingerprint density at radius 2 is 1.72 bits per heavy atom. The van der Waals surface area contributed by atoms with Crippen LogP contribution in [0.15, 0.2) is 41.5 Å². The highest BCUT2D eigenvalue weighted by molar-refractivity contribution is 7.81. The van der Waals surface area contributed by atoms with E-state index in [1.165, 1.54) is 6.07 Å². The summed E-state index contributed by atoms with van der Waals surface area (Å²) in [6.45, 7) is 7.23. The number of phenolic OH excluding ortho intramolecular Hbond substituents is 2. The number of anilines is 2. The van der Waals surface area contributed by atoms with Crippen LogP contribution < -0.4 is 15.2 Å². The molecule has 2 aromatic carbocycles. The first-order chi connectivity index (χ1) is 14.0. The predicted molar refractivity (Wildman–Crippen MR) is 118 cm³/mol. The number of amidine groups is 1. The molecule has 2 heterocycles. The molecule has 7 nitrogen and oxygen atoms in total. The van der Waals surface area contributed by atoms with E-state index in [0.29, 0.717) is 11.4 Å². The molecule has 1 saturated heterocycles. The summed E-state index contributed by atoms with van der Waals surface area (Å²) in [4.78, 5) is 4.21. The number of benzene rings is 2. The number of hydrogen-bond acceptors (Lipinski definition) is 8. The molecule has 0 amide bonds. The molecule has 2 aromatic rings. The smallest absolute Gasteiger partial charge is 0.166 e. The largest absolute Gasteiger partial charge is 0.508 e. The fraction of sp³-hybridized carbons (Fsp3) is 0.381. The lowest BCUT2D eigenvalue weighted by Crippen LogP contribution is -2.37. The Labute approximate surface area is 176 Å². The van der Waals surface area contributed by atoms with Gasteiger partial charge in [0.15, 0.2) is 11.3 Å². The van der Waals surface area contributed by atoms with Crippen LogP contribution in [0.25, 0.3) is 0 Å². The molecule has 0 aromatic heterocycles. The van der Waals surface area contributed by atoms with E-state index in [4.69, 9.17) is 4.74 Å². The highest BCUT2D eigenvalue weighted by Gasteiger charge is 2.30. The number of hydrogen-bond donors (Lipinski definition) is 4. The van der Waals surface area contributed by atoms with E-state index in [9.17, 15) is 10.2 Å². The Morgan fingerprint density at radius 1 is 1.07 bits per heavy atom. The Balaban J connectivity index is 1.65. The van der Waals surface area contributed by atoms with Gasteiger partial charge in [0.1, 0.15) is 11.5 Å². The maximum atomic E-state index is 10.5. The molecule has 1 fully saturated rings. The van der Waals surface area contributed by atoms with E-state index in [1.807, 2.05) is 30.9 Å². The van der Waals surface area contributed by atoms with Crippen LogP contribution in [0.5, 0.6) is 11.5 Å². The highest BCUT2D eigenvalue weighted by Crippen LogP contribution is 2.35. The lowest BCUT2D eigenvalue weighted by atomic mass is 9.98. The Morgan fingerprint density at radius 3 is 2.38 bits per heavy atom. The monoisotopic (exact) mass is 414 g/mol. The second-order valence-electron chi connectivity index (χ2n) is 7.51. The maximum absolute atomic E-state index is 10.5. The van der Waals surface area contributed by atoms with E-state index in [0.717, 1.165) is 43.2 Å². The van der Waals surface area contributed by atoms with Gasteiger partial charge in [-0.2, -0.15) is 5.10 Å². The third-order valence-electron chi connectivity index (χ3n) is 5.27. The number of aromatic hydroxyl groups is 2. The molecule has 4 rings (SSSR count). The van der Waals surface area contributed by atoms with Crippen molar-refractivity contribution in [3.05, 3.63) is 47.5 Å². The number of thiol groups is 1. The summed E-state index contributed by atoms with van der Waals surface area (Å²) in [5.74, 6) is 0.724. The SMILES string of the molecule is CC(C)c1cc(C2=NNC(S)N2c2ccc(N3CCOCC3)cc2)c(O)cc1O. The first-order valence-electron chi connectivity index (χ1n) is 9.75. The lowest BCUT2D eigenvalue weighted by molar-refractivity contribution is 0.122. The number of nitrogens with one attached hydrogen (secondary N) is 1. The van der Waals surface area contributed by atoms with Gasteiger partial charge in [-0.25, -0.2) is 0 Å². The number of rotatable bonds is 4. The molecule has 2 aliphatic rings. The number of phenols is 2. The minimum atomic E-state index is -0.366. The molecular formula is C21H26N4O3S. The van der Waals surface area contributed by atoms with Crippen molar-refractivity contribution in [2.24, 2.45) is 5.10 Å².